The van der Waals surface area contributed by atoms with E-state index in [-0.39, 0.29) is 0 Å². The third-order valence-corrected chi connectivity index (χ3v) is 0.896. The van der Waals surface area contributed by atoms with Crippen LogP contribution in [0.25, 0.3) is 0 Å². The SMILES string of the molecule is IC#CCI. The van der Waals surface area contributed by atoms with Crippen molar-refractivity contribution < 1.29 is 0 Å². The van der Waals surface area contributed by atoms with E-state index < -0.39 is 0 Å². The standard InChI is InChI=1S/C3H2I2/c4-2-1-3-5/h2H2. The maximum absolute atomic E-state index is 2.83. The summed E-state index contributed by atoms with van der Waals surface area (Å²) >= 11 is 4.23. The van der Waals surface area contributed by atoms with Gasteiger partial charge in [0.25, 0.3) is 0 Å². The summed E-state index contributed by atoms with van der Waals surface area (Å²) in [6.45, 7) is 0. The zero-order valence-corrected chi connectivity index (χ0v) is 6.78. The molecule has 0 aromatic heterocycles. The fourth-order valence-electron chi connectivity index (χ4n) is 0.0253. The van der Waals surface area contributed by atoms with Crippen LogP contribution in [-0.2, 0) is 0 Å². The Balaban J connectivity index is 2.81. The zero-order chi connectivity index (χ0) is 4.12. The highest BCUT2D eigenvalue weighted by Crippen LogP contribution is 1.76. The maximum Gasteiger partial charge on any atom is 0.0617 e. The van der Waals surface area contributed by atoms with Gasteiger partial charge >= 0.3 is 0 Å². The van der Waals surface area contributed by atoms with Crippen LogP contribution in [0.3, 0.4) is 0 Å². The van der Waals surface area contributed by atoms with Crippen molar-refractivity contribution in [2.24, 2.45) is 0 Å². The van der Waals surface area contributed by atoms with Gasteiger partial charge in [0.2, 0.25) is 0 Å². The molecule has 0 N–H and O–H groups in total. The van der Waals surface area contributed by atoms with Gasteiger partial charge in [-0.05, 0) is 3.93 Å². The Morgan fingerprint density at radius 3 is 2.20 bits per heavy atom. The summed E-state index contributed by atoms with van der Waals surface area (Å²) in [4.78, 5) is 0. The molecular weight excluding hydrogens is 290 g/mol. The van der Waals surface area contributed by atoms with E-state index in [1.165, 1.54) is 0 Å². The Morgan fingerprint density at radius 1 is 1.60 bits per heavy atom. The lowest BCUT2D eigenvalue weighted by Crippen LogP contribution is -1.48. The van der Waals surface area contributed by atoms with Crippen molar-refractivity contribution in [3.8, 4) is 9.85 Å². The average molecular weight is 292 g/mol. The molecule has 0 nitrogen and oxygen atoms in total. The first-order valence-electron chi connectivity index (χ1n) is 1.06. The number of rotatable bonds is 0. The van der Waals surface area contributed by atoms with Crippen LogP contribution in [0.5, 0.6) is 0 Å². The van der Waals surface area contributed by atoms with Gasteiger partial charge in [-0.1, -0.05) is 28.5 Å². The molecule has 0 aliphatic heterocycles. The first kappa shape index (κ1) is 6.02. The summed E-state index contributed by atoms with van der Waals surface area (Å²) in [7, 11) is 0. The molecule has 0 bridgehead atoms. The van der Waals surface area contributed by atoms with Gasteiger partial charge in [-0.25, -0.2) is 0 Å². The fourth-order valence-corrected chi connectivity index (χ4v) is 1.14. The fraction of sp³-hybridized carbons (Fsp3) is 0.333. The lowest BCUT2D eigenvalue weighted by molar-refractivity contribution is 2.06. The van der Waals surface area contributed by atoms with Crippen LogP contribution in [0.15, 0.2) is 0 Å². The van der Waals surface area contributed by atoms with Crippen molar-refractivity contribution in [2.75, 3.05) is 4.43 Å². The normalized spacial score (nSPS) is 5.20. The Kier molecular flexibility index (Phi) is 6.04. The lowest BCUT2D eigenvalue weighted by Gasteiger charge is -1.54. The maximum atomic E-state index is 2.83. The van der Waals surface area contributed by atoms with E-state index in [0.717, 1.165) is 4.43 Å². The van der Waals surface area contributed by atoms with Gasteiger partial charge in [0, 0.05) is 22.6 Å². The van der Waals surface area contributed by atoms with E-state index >= 15 is 0 Å². The highest BCUT2D eigenvalue weighted by atomic mass is 127. The summed E-state index contributed by atoms with van der Waals surface area (Å²) in [5, 5.41) is 0. The highest BCUT2D eigenvalue weighted by molar-refractivity contribution is 14.1. The molecule has 0 aliphatic carbocycles. The van der Waals surface area contributed by atoms with Crippen LogP contribution >= 0.6 is 45.2 Å². The topological polar surface area (TPSA) is 0 Å². The van der Waals surface area contributed by atoms with Crippen LogP contribution < -0.4 is 0 Å². The minimum atomic E-state index is 0.945. The Bertz CT molecular complexity index is 57.0. The van der Waals surface area contributed by atoms with Crippen molar-refractivity contribution in [3.63, 3.8) is 0 Å². The molecule has 0 atom stereocenters. The van der Waals surface area contributed by atoms with Crippen LogP contribution in [0.1, 0.15) is 0 Å². The average Bonchev–Trinajstić information content (AvgIpc) is 1.41. The van der Waals surface area contributed by atoms with Crippen molar-refractivity contribution in [3.05, 3.63) is 0 Å². The van der Waals surface area contributed by atoms with E-state index in [2.05, 4.69) is 32.4 Å². The van der Waals surface area contributed by atoms with Gasteiger partial charge in [-0.2, -0.15) is 0 Å². The molecule has 0 aliphatic rings. The summed E-state index contributed by atoms with van der Waals surface area (Å²) in [5.74, 6) is 2.83. The van der Waals surface area contributed by atoms with Crippen LogP contribution in [0, 0.1) is 9.85 Å². The molecule has 0 radical (unpaired) electrons. The van der Waals surface area contributed by atoms with Gasteiger partial charge in [-0.3, -0.25) is 0 Å². The number of halogens is 2. The monoisotopic (exact) mass is 292 g/mol. The summed E-state index contributed by atoms with van der Waals surface area (Å²) < 4.78 is 3.68. The second-order valence-corrected chi connectivity index (χ2v) is 1.71. The highest BCUT2D eigenvalue weighted by Gasteiger charge is 1.52. The molecule has 28 valence electrons. The first-order chi connectivity index (χ1) is 2.41. The molecule has 0 fully saturated rings. The van der Waals surface area contributed by atoms with Crippen LogP contribution in [-0.4, -0.2) is 4.43 Å². The number of hydrogen-bond acceptors (Lipinski definition) is 0. The first-order valence-corrected chi connectivity index (χ1v) is 3.66. The quantitative estimate of drug-likeness (QED) is 0.363. The van der Waals surface area contributed by atoms with Gasteiger partial charge in [0.1, 0.15) is 0 Å². The Hall–Kier alpha value is 1.02. The van der Waals surface area contributed by atoms with E-state index in [9.17, 15) is 0 Å². The van der Waals surface area contributed by atoms with Gasteiger partial charge in [0.05, 0.1) is 4.43 Å². The van der Waals surface area contributed by atoms with Crippen LogP contribution in [0.2, 0.25) is 0 Å². The van der Waals surface area contributed by atoms with E-state index in [0.29, 0.717) is 0 Å². The van der Waals surface area contributed by atoms with Crippen molar-refractivity contribution >= 4 is 45.2 Å². The molecule has 0 saturated carbocycles. The van der Waals surface area contributed by atoms with Crippen LogP contribution in [0.4, 0.5) is 0 Å². The molecule has 0 saturated heterocycles. The number of hydrogen-bond donors (Lipinski definition) is 0. The summed E-state index contributed by atoms with van der Waals surface area (Å²) in [6.07, 6.45) is 0. The smallest absolute Gasteiger partial charge is 0.0617 e. The van der Waals surface area contributed by atoms with E-state index in [1.54, 1.807) is 0 Å². The largest absolute Gasteiger partial charge is 0.0812 e. The second kappa shape index (κ2) is 5.02. The summed E-state index contributed by atoms with van der Waals surface area (Å²) in [6, 6.07) is 0. The second-order valence-electron chi connectivity index (χ2n) is 0.405. The number of alkyl halides is 1. The van der Waals surface area contributed by atoms with Gasteiger partial charge in [-0.15, -0.1) is 0 Å². The third-order valence-electron chi connectivity index (χ3n) is 0.134. The molecule has 2 heteroatoms. The van der Waals surface area contributed by atoms with Gasteiger partial charge in [0.15, 0.2) is 0 Å². The Morgan fingerprint density at radius 2 is 2.20 bits per heavy atom. The van der Waals surface area contributed by atoms with Gasteiger partial charge < -0.3 is 0 Å². The van der Waals surface area contributed by atoms with Crippen molar-refractivity contribution in [1.29, 1.82) is 0 Å². The molecule has 0 aromatic rings. The molecule has 0 spiro atoms. The predicted molar refractivity (Wildman–Crippen MR) is 40.7 cm³/mol. The van der Waals surface area contributed by atoms with E-state index in [1.807, 2.05) is 22.6 Å². The van der Waals surface area contributed by atoms with Crippen molar-refractivity contribution in [2.45, 2.75) is 0 Å². The predicted octanol–water partition coefficient (Wildman–Crippen LogP) is 1.82. The lowest BCUT2D eigenvalue weighted by atomic mass is 10.9. The molecular formula is C3H2I2. The van der Waals surface area contributed by atoms with E-state index in [4.69, 9.17) is 0 Å². The molecule has 0 unspecified atom stereocenters. The van der Waals surface area contributed by atoms with Crippen molar-refractivity contribution in [1.82, 2.24) is 0 Å². The molecule has 0 heterocycles. The molecule has 0 amide bonds. The molecule has 0 aromatic carbocycles. The minimum absolute atomic E-state index is 0.945. The molecule has 5 heavy (non-hydrogen) atoms. The Labute approximate surface area is 59.0 Å². The third kappa shape index (κ3) is 5.02. The molecule has 0 rings (SSSR count). The minimum Gasteiger partial charge on any atom is -0.0812 e. The zero-order valence-electron chi connectivity index (χ0n) is 2.46. The summed E-state index contributed by atoms with van der Waals surface area (Å²) in [5.41, 5.74) is 0.